The molecule has 1 heterocycles. The van der Waals surface area contributed by atoms with E-state index in [2.05, 4.69) is 70.5 Å². The first-order valence-corrected chi connectivity index (χ1v) is 11.5. The fourth-order valence-corrected chi connectivity index (χ4v) is 4.41. The number of amides is 1. The minimum absolute atomic E-state index is 0.0606. The van der Waals surface area contributed by atoms with E-state index < -0.39 is 0 Å². The number of carbonyl (C=O) groups excluding carboxylic acids is 1. The van der Waals surface area contributed by atoms with Gasteiger partial charge in [0, 0.05) is 19.5 Å². The lowest BCUT2D eigenvalue weighted by molar-refractivity contribution is -0.120. The summed E-state index contributed by atoms with van der Waals surface area (Å²) in [4.78, 5) is 17.2. The maximum atomic E-state index is 12.3. The van der Waals surface area contributed by atoms with E-state index >= 15 is 0 Å². The van der Waals surface area contributed by atoms with E-state index in [0.29, 0.717) is 13.0 Å². The highest BCUT2D eigenvalue weighted by Crippen LogP contribution is 2.23. The highest BCUT2D eigenvalue weighted by atomic mass is 16.1. The number of carbonyl (C=O) groups is 1. The molecule has 0 aliphatic carbocycles. The molecule has 1 N–H and O–H groups in total. The lowest BCUT2D eigenvalue weighted by Gasteiger charge is -2.12. The first kappa shape index (κ1) is 21.0. The van der Waals surface area contributed by atoms with Gasteiger partial charge in [-0.25, -0.2) is 4.98 Å². The summed E-state index contributed by atoms with van der Waals surface area (Å²) in [6, 6.07) is 33.2. The Morgan fingerprint density at radius 2 is 1.58 bits per heavy atom. The van der Waals surface area contributed by atoms with Crippen LogP contribution in [0.3, 0.4) is 0 Å². The summed E-state index contributed by atoms with van der Waals surface area (Å²) < 4.78 is 2.32. The third-order valence-corrected chi connectivity index (χ3v) is 6.05. The molecule has 0 spiro atoms. The zero-order chi connectivity index (χ0) is 22.5. The van der Waals surface area contributed by atoms with Crippen LogP contribution in [-0.2, 0) is 24.2 Å². The quantitative estimate of drug-likeness (QED) is 0.327. The van der Waals surface area contributed by atoms with Crippen LogP contribution in [0.2, 0.25) is 0 Å². The molecular formula is C29H27N3O. The summed E-state index contributed by atoms with van der Waals surface area (Å²) in [6.45, 7) is 1.42. The number of nitrogens with zero attached hydrogens (tertiary/aromatic N) is 2. The topological polar surface area (TPSA) is 46.9 Å². The molecular weight excluding hydrogens is 406 g/mol. The first-order chi connectivity index (χ1) is 16.3. The normalized spacial score (nSPS) is 11.2. The molecule has 5 aromatic rings. The van der Waals surface area contributed by atoms with Gasteiger partial charge < -0.3 is 9.88 Å². The fraction of sp³-hybridized carbons (Fsp3) is 0.172. The lowest BCUT2D eigenvalue weighted by atomic mass is 10.0. The lowest BCUT2D eigenvalue weighted by Crippen LogP contribution is -2.26. The van der Waals surface area contributed by atoms with E-state index in [-0.39, 0.29) is 5.91 Å². The monoisotopic (exact) mass is 433 g/mol. The van der Waals surface area contributed by atoms with Crippen molar-refractivity contribution in [3.05, 3.63) is 114 Å². The van der Waals surface area contributed by atoms with Gasteiger partial charge in [-0.05, 0) is 40.5 Å². The Kier molecular flexibility index (Phi) is 6.16. The average Bonchev–Trinajstić information content (AvgIpc) is 3.20. The van der Waals surface area contributed by atoms with Gasteiger partial charge in [0.05, 0.1) is 17.5 Å². The third-order valence-electron chi connectivity index (χ3n) is 6.05. The van der Waals surface area contributed by atoms with Gasteiger partial charge in [0.15, 0.2) is 0 Å². The molecule has 0 atom stereocenters. The molecule has 5 rings (SSSR count). The average molecular weight is 434 g/mol. The Morgan fingerprint density at radius 1 is 0.818 bits per heavy atom. The maximum absolute atomic E-state index is 12.3. The summed E-state index contributed by atoms with van der Waals surface area (Å²) in [5.74, 6) is 1.12. The Bertz CT molecular complexity index is 1380. The number of hydrogen-bond donors (Lipinski definition) is 1. The van der Waals surface area contributed by atoms with Gasteiger partial charge >= 0.3 is 0 Å². The maximum Gasteiger partial charge on any atom is 0.224 e. The summed E-state index contributed by atoms with van der Waals surface area (Å²) >= 11 is 0. The van der Waals surface area contributed by atoms with Gasteiger partial charge in [0.1, 0.15) is 5.82 Å². The summed E-state index contributed by atoms with van der Waals surface area (Å²) in [6.07, 6.45) is 2.07. The molecule has 0 unspecified atom stereocenters. The Labute approximate surface area is 193 Å². The van der Waals surface area contributed by atoms with Crippen LogP contribution < -0.4 is 5.32 Å². The van der Waals surface area contributed by atoms with Gasteiger partial charge in [-0.1, -0.05) is 84.9 Å². The van der Waals surface area contributed by atoms with Crippen LogP contribution >= 0.6 is 0 Å². The number of aryl methyl sites for hydroxylation is 1. The molecule has 0 aliphatic heterocycles. The van der Waals surface area contributed by atoms with E-state index in [4.69, 9.17) is 4.98 Å². The van der Waals surface area contributed by atoms with Crippen molar-refractivity contribution in [1.29, 1.82) is 0 Å². The Balaban J connectivity index is 1.30. The highest BCUT2D eigenvalue weighted by molar-refractivity contribution is 5.86. The van der Waals surface area contributed by atoms with Crippen LogP contribution in [-0.4, -0.2) is 22.0 Å². The number of hydrogen-bond acceptors (Lipinski definition) is 2. The second-order valence-corrected chi connectivity index (χ2v) is 8.36. The molecule has 0 fully saturated rings. The highest BCUT2D eigenvalue weighted by Gasteiger charge is 2.12. The van der Waals surface area contributed by atoms with Crippen LogP contribution in [0.15, 0.2) is 97.1 Å². The number of para-hydroxylation sites is 2. The van der Waals surface area contributed by atoms with E-state index in [1.54, 1.807) is 0 Å². The largest absolute Gasteiger partial charge is 0.356 e. The third kappa shape index (κ3) is 4.80. The number of fused-ring (bicyclic) bond motifs is 2. The molecule has 33 heavy (non-hydrogen) atoms. The van der Waals surface area contributed by atoms with Gasteiger partial charge in [0.25, 0.3) is 0 Å². The SMILES string of the molecule is O=C(Cc1ccccc1)NCCCc1nc2ccccc2n1Cc1cccc2ccccc12. The molecule has 0 aliphatic rings. The summed E-state index contributed by atoms with van der Waals surface area (Å²) in [7, 11) is 0. The molecule has 0 radical (unpaired) electrons. The predicted octanol–water partition coefficient (Wildman–Crippen LogP) is 5.53. The van der Waals surface area contributed by atoms with Gasteiger partial charge in [0.2, 0.25) is 5.91 Å². The van der Waals surface area contributed by atoms with Crippen LogP contribution in [0, 0.1) is 0 Å². The van der Waals surface area contributed by atoms with Crippen molar-refractivity contribution in [1.82, 2.24) is 14.9 Å². The van der Waals surface area contributed by atoms with Crippen LogP contribution in [0.25, 0.3) is 21.8 Å². The standard InChI is InChI=1S/C29H27N3O/c33-29(20-22-10-2-1-3-11-22)30-19-9-18-28-31-26-16-6-7-17-27(26)32(28)21-24-14-8-13-23-12-4-5-15-25(23)24/h1-8,10-17H,9,18-21H2,(H,30,33). The molecule has 1 amide bonds. The van der Waals surface area contributed by atoms with Crippen molar-refractivity contribution in [3.8, 4) is 0 Å². The number of aromatic nitrogens is 2. The summed E-state index contributed by atoms with van der Waals surface area (Å²) in [5.41, 5.74) is 4.48. The van der Waals surface area contributed by atoms with Crippen LogP contribution in [0.4, 0.5) is 0 Å². The van der Waals surface area contributed by atoms with E-state index in [0.717, 1.165) is 41.8 Å². The van der Waals surface area contributed by atoms with Crippen LogP contribution in [0.1, 0.15) is 23.4 Å². The second-order valence-electron chi connectivity index (χ2n) is 8.36. The second kappa shape index (κ2) is 9.70. The minimum Gasteiger partial charge on any atom is -0.356 e. The van der Waals surface area contributed by atoms with Gasteiger partial charge in [-0.3, -0.25) is 4.79 Å². The van der Waals surface area contributed by atoms with Crippen molar-refractivity contribution in [2.24, 2.45) is 0 Å². The van der Waals surface area contributed by atoms with E-state index in [1.807, 2.05) is 36.4 Å². The minimum atomic E-state index is 0.0606. The van der Waals surface area contributed by atoms with Crippen molar-refractivity contribution < 1.29 is 4.79 Å². The molecule has 0 saturated carbocycles. The van der Waals surface area contributed by atoms with E-state index in [1.165, 1.54) is 16.3 Å². The van der Waals surface area contributed by atoms with Crippen molar-refractivity contribution >= 4 is 27.7 Å². The fourth-order valence-electron chi connectivity index (χ4n) is 4.41. The molecule has 4 nitrogen and oxygen atoms in total. The van der Waals surface area contributed by atoms with E-state index in [9.17, 15) is 4.79 Å². The number of benzene rings is 4. The summed E-state index contributed by atoms with van der Waals surface area (Å²) in [5, 5.41) is 5.58. The molecule has 4 aromatic carbocycles. The van der Waals surface area contributed by atoms with Crippen molar-refractivity contribution in [3.63, 3.8) is 0 Å². The van der Waals surface area contributed by atoms with Gasteiger partial charge in [-0.15, -0.1) is 0 Å². The number of rotatable bonds is 8. The molecule has 1 aromatic heterocycles. The van der Waals surface area contributed by atoms with Crippen molar-refractivity contribution in [2.45, 2.75) is 25.8 Å². The number of imidazole rings is 1. The molecule has 0 bridgehead atoms. The zero-order valence-electron chi connectivity index (χ0n) is 18.6. The Morgan fingerprint density at radius 3 is 2.48 bits per heavy atom. The van der Waals surface area contributed by atoms with Crippen LogP contribution in [0.5, 0.6) is 0 Å². The van der Waals surface area contributed by atoms with Gasteiger partial charge in [-0.2, -0.15) is 0 Å². The molecule has 0 saturated heterocycles. The zero-order valence-corrected chi connectivity index (χ0v) is 18.6. The first-order valence-electron chi connectivity index (χ1n) is 11.5. The smallest absolute Gasteiger partial charge is 0.224 e. The van der Waals surface area contributed by atoms with Crippen molar-refractivity contribution in [2.75, 3.05) is 6.54 Å². The molecule has 164 valence electrons. The molecule has 4 heteroatoms. The number of nitrogens with one attached hydrogen (secondary N) is 1. The Hall–Kier alpha value is -3.92. The predicted molar refractivity (Wildman–Crippen MR) is 134 cm³/mol.